The number of aryl methyl sites for hydroxylation is 1. The van der Waals surface area contributed by atoms with Gasteiger partial charge in [-0.2, -0.15) is 0 Å². The zero-order chi connectivity index (χ0) is 12.9. The maximum atomic E-state index is 6.34. The van der Waals surface area contributed by atoms with Crippen LogP contribution in [0.5, 0.6) is 5.75 Å². The van der Waals surface area contributed by atoms with E-state index in [0.717, 1.165) is 11.3 Å². The molecule has 1 aliphatic carbocycles. The number of rotatable bonds is 1. The lowest BCUT2D eigenvalue weighted by Gasteiger charge is -2.11. The van der Waals surface area contributed by atoms with Gasteiger partial charge in [-0.05, 0) is 47.7 Å². The molecule has 2 nitrogen and oxygen atoms in total. The van der Waals surface area contributed by atoms with Gasteiger partial charge in [0.25, 0.3) is 0 Å². The molecule has 0 saturated heterocycles. The predicted octanol–water partition coefficient (Wildman–Crippen LogP) is 3.34. The second kappa shape index (κ2) is 3.85. The van der Waals surface area contributed by atoms with Crippen molar-refractivity contribution in [3.8, 4) is 16.9 Å². The van der Waals surface area contributed by atoms with Crippen LogP contribution in [-0.4, -0.2) is 7.11 Å². The molecule has 1 atom stereocenters. The van der Waals surface area contributed by atoms with Gasteiger partial charge in [0.05, 0.1) is 13.2 Å². The summed E-state index contributed by atoms with van der Waals surface area (Å²) in [6.07, 6.45) is 0. The number of nitrogens with two attached hydrogens (primary N) is 1. The zero-order valence-electron chi connectivity index (χ0n) is 10.9. The van der Waals surface area contributed by atoms with E-state index in [4.69, 9.17) is 10.5 Å². The maximum absolute atomic E-state index is 6.34. The topological polar surface area (TPSA) is 35.2 Å². The van der Waals surface area contributed by atoms with Gasteiger partial charge in [-0.25, -0.2) is 0 Å². The van der Waals surface area contributed by atoms with Crippen molar-refractivity contribution < 1.29 is 4.74 Å². The first-order valence-corrected chi connectivity index (χ1v) is 6.18. The molecule has 0 amide bonds. The van der Waals surface area contributed by atoms with Gasteiger partial charge < -0.3 is 10.5 Å². The molecule has 0 aromatic heterocycles. The Morgan fingerprint density at radius 1 is 1.00 bits per heavy atom. The van der Waals surface area contributed by atoms with E-state index in [2.05, 4.69) is 32.0 Å². The minimum Gasteiger partial charge on any atom is -0.496 e. The average Bonchev–Trinajstić information content (AvgIpc) is 2.68. The van der Waals surface area contributed by atoms with Crippen LogP contribution < -0.4 is 10.5 Å². The fourth-order valence-electron chi connectivity index (χ4n) is 2.84. The van der Waals surface area contributed by atoms with E-state index >= 15 is 0 Å². The predicted molar refractivity (Wildman–Crippen MR) is 73.9 cm³/mol. The van der Waals surface area contributed by atoms with Crippen LogP contribution >= 0.6 is 0 Å². The lowest BCUT2D eigenvalue weighted by molar-refractivity contribution is 0.416. The van der Waals surface area contributed by atoms with Crippen LogP contribution in [0.2, 0.25) is 0 Å². The maximum Gasteiger partial charge on any atom is 0.127 e. The Kier molecular flexibility index (Phi) is 2.42. The molecule has 2 N–H and O–H groups in total. The molecule has 0 heterocycles. The van der Waals surface area contributed by atoms with E-state index in [1.165, 1.54) is 27.8 Å². The fraction of sp³-hybridized carbons (Fsp3) is 0.250. The normalized spacial score (nSPS) is 16.3. The van der Waals surface area contributed by atoms with Crippen molar-refractivity contribution in [2.75, 3.05) is 7.11 Å². The first-order chi connectivity index (χ1) is 8.65. The van der Waals surface area contributed by atoms with E-state index < -0.39 is 0 Å². The molecule has 2 aromatic carbocycles. The molecular weight excluding hydrogens is 222 g/mol. The summed E-state index contributed by atoms with van der Waals surface area (Å²) in [5.74, 6) is 0.912. The molecular formula is C16H17NO. The molecule has 0 radical (unpaired) electrons. The van der Waals surface area contributed by atoms with Crippen LogP contribution in [-0.2, 0) is 0 Å². The third-order valence-corrected chi connectivity index (χ3v) is 3.97. The van der Waals surface area contributed by atoms with Crippen LogP contribution in [0.25, 0.3) is 11.1 Å². The Bertz CT molecular complexity index is 631. The molecule has 0 aliphatic heterocycles. The van der Waals surface area contributed by atoms with Gasteiger partial charge in [0, 0.05) is 5.56 Å². The highest BCUT2D eigenvalue weighted by molar-refractivity contribution is 5.86. The standard InChI is InChI=1S/C16H17NO/c1-9-7-8-12-14(10(9)2)15-11(16(12)17)5-4-6-13(15)18-3/h4-8,16H,17H2,1-3H3. The molecule has 0 saturated carbocycles. The highest BCUT2D eigenvalue weighted by Crippen LogP contribution is 2.48. The monoisotopic (exact) mass is 239 g/mol. The van der Waals surface area contributed by atoms with Gasteiger partial charge in [0.15, 0.2) is 0 Å². The molecule has 0 bridgehead atoms. The van der Waals surface area contributed by atoms with E-state index in [1.807, 2.05) is 12.1 Å². The number of fused-ring (bicyclic) bond motifs is 3. The van der Waals surface area contributed by atoms with E-state index in [9.17, 15) is 0 Å². The Hall–Kier alpha value is -1.80. The van der Waals surface area contributed by atoms with Gasteiger partial charge in [0.1, 0.15) is 5.75 Å². The summed E-state index contributed by atoms with van der Waals surface area (Å²) in [6.45, 7) is 4.29. The van der Waals surface area contributed by atoms with Crippen LogP contribution in [0.1, 0.15) is 28.3 Å². The summed E-state index contributed by atoms with van der Waals surface area (Å²) in [4.78, 5) is 0. The molecule has 18 heavy (non-hydrogen) atoms. The number of hydrogen-bond acceptors (Lipinski definition) is 2. The minimum atomic E-state index is -0.0376. The zero-order valence-corrected chi connectivity index (χ0v) is 10.9. The minimum absolute atomic E-state index is 0.0376. The number of methoxy groups -OCH3 is 1. The molecule has 1 unspecified atom stereocenters. The molecule has 92 valence electrons. The summed E-state index contributed by atoms with van der Waals surface area (Å²) >= 11 is 0. The van der Waals surface area contributed by atoms with E-state index in [0.29, 0.717) is 0 Å². The van der Waals surface area contributed by atoms with Gasteiger partial charge >= 0.3 is 0 Å². The summed E-state index contributed by atoms with van der Waals surface area (Å²) in [7, 11) is 1.71. The van der Waals surface area contributed by atoms with Crippen molar-refractivity contribution in [1.82, 2.24) is 0 Å². The highest BCUT2D eigenvalue weighted by Gasteiger charge is 2.30. The molecule has 2 heteroatoms. The quantitative estimate of drug-likeness (QED) is 0.828. The van der Waals surface area contributed by atoms with Crippen molar-refractivity contribution in [3.63, 3.8) is 0 Å². The first-order valence-electron chi connectivity index (χ1n) is 6.18. The molecule has 0 fully saturated rings. The van der Waals surface area contributed by atoms with Crippen molar-refractivity contribution in [1.29, 1.82) is 0 Å². The molecule has 1 aliphatic rings. The third kappa shape index (κ3) is 1.33. The summed E-state index contributed by atoms with van der Waals surface area (Å²) in [6, 6.07) is 10.4. The second-order valence-electron chi connectivity index (χ2n) is 4.87. The average molecular weight is 239 g/mol. The van der Waals surface area contributed by atoms with Gasteiger partial charge in [-0.1, -0.05) is 24.3 Å². The summed E-state index contributed by atoms with van der Waals surface area (Å²) in [5.41, 5.74) is 13.7. The Morgan fingerprint density at radius 2 is 1.72 bits per heavy atom. The van der Waals surface area contributed by atoms with Gasteiger partial charge in [-0.15, -0.1) is 0 Å². The largest absolute Gasteiger partial charge is 0.496 e. The van der Waals surface area contributed by atoms with E-state index in [-0.39, 0.29) is 6.04 Å². The Balaban J connectivity index is 2.40. The SMILES string of the molecule is COc1cccc2c1-c1c(ccc(C)c1C)C2N. The smallest absolute Gasteiger partial charge is 0.127 e. The number of benzene rings is 2. The van der Waals surface area contributed by atoms with Crippen LogP contribution in [0.3, 0.4) is 0 Å². The lowest BCUT2D eigenvalue weighted by Crippen LogP contribution is -2.08. The lowest BCUT2D eigenvalue weighted by atomic mass is 9.96. The van der Waals surface area contributed by atoms with Crippen molar-refractivity contribution in [3.05, 3.63) is 52.6 Å². The van der Waals surface area contributed by atoms with Gasteiger partial charge in [0.2, 0.25) is 0 Å². The first kappa shape index (κ1) is 11.3. The Labute approximate surface area is 107 Å². The van der Waals surface area contributed by atoms with Gasteiger partial charge in [-0.3, -0.25) is 0 Å². The summed E-state index contributed by atoms with van der Waals surface area (Å²) in [5, 5.41) is 0. The number of ether oxygens (including phenoxy) is 1. The van der Waals surface area contributed by atoms with Crippen LogP contribution in [0, 0.1) is 13.8 Å². The number of hydrogen-bond donors (Lipinski definition) is 1. The van der Waals surface area contributed by atoms with E-state index in [1.54, 1.807) is 7.11 Å². The van der Waals surface area contributed by atoms with Crippen molar-refractivity contribution in [2.45, 2.75) is 19.9 Å². The van der Waals surface area contributed by atoms with Crippen LogP contribution in [0.4, 0.5) is 0 Å². The highest BCUT2D eigenvalue weighted by atomic mass is 16.5. The summed E-state index contributed by atoms with van der Waals surface area (Å²) < 4.78 is 5.50. The van der Waals surface area contributed by atoms with Crippen LogP contribution in [0.15, 0.2) is 30.3 Å². The third-order valence-electron chi connectivity index (χ3n) is 3.97. The molecule has 2 aromatic rings. The second-order valence-corrected chi connectivity index (χ2v) is 4.87. The molecule has 0 spiro atoms. The molecule has 3 rings (SSSR count). The van der Waals surface area contributed by atoms with Crippen molar-refractivity contribution >= 4 is 0 Å². The van der Waals surface area contributed by atoms with Crippen molar-refractivity contribution in [2.24, 2.45) is 5.73 Å². The fourth-order valence-corrected chi connectivity index (χ4v) is 2.84. The Morgan fingerprint density at radius 3 is 2.44 bits per heavy atom.